The maximum absolute atomic E-state index is 11.9. The van der Waals surface area contributed by atoms with Crippen LogP contribution < -0.4 is 5.32 Å². The van der Waals surface area contributed by atoms with Crippen molar-refractivity contribution in [3.8, 4) is 5.75 Å². The van der Waals surface area contributed by atoms with Gasteiger partial charge in [-0.2, -0.15) is 0 Å². The molecular weight excluding hydrogens is 322 g/mol. The smallest absolute Gasteiger partial charge is 0.224 e. The molecule has 0 fully saturated rings. The summed E-state index contributed by atoms with van der Waals surface area (Å²) in [5.41, 5.74) is 1.53. The molecule has 1 rings (SSSR count). The number of carbonyl (C=O) groups is 1. The molecule has 0 bridgehead atoms. The Morgan fingerprint density at radius 1 is 0.962 bits per heavy atom. The number of amides is 1. The van der Waals surface area contributed by atoms with Gasteiger partial charge in [-0.3, -0.25) is 4.79 Å². The van der Waals surface area contributed by atoms with Gasteiger partial charge >= 0.3 is 0 Å². The lowest BCUT2D eigenvalue weighted by Gasteiger charge is -2.08. The van der Waals surface area contributed by atoms with Crippen LogP contribution in [-0.4, -0.2) is 11.0 Å². The highest BCUT2D eigenvalue weighted by atomic mass is 16.3. The van der Waals surface area contributed by atoms with E-state index in [4.69, 9.17) is 0 Å². The SMILES string of the molecule is CCCCCCC=CCCCCCCCC(=O)Nc1cc(C)ccc1O. The Hall–Kier alpha value is -1.77. The number of nitrogens with one attached hydrogen (secondary N) is 1. The zero-order valence-electron chi connectivity index (χ0n) is 16.7. The summed E-state index contributed by atoms with van der Waals surface area (Å²) >= 11 is 0. The van der Waals surface area contributed by atoms with E-state index in [9.17, 15) is 9.90 Å². The molecule has 26 heavy (non-hydrogen) atoms. The fourth-order valence-electron chi connectivity index (χ4n) is 2.97. The summed E-state index contributed by atoms with van der Waals surface area (Å²) in [6.07, 6.45) is 18.6. The van der Waals surface area contributed by atoms with Crippen LogP contribution in [0, 0.1) is 6.92 Å². The number of aromatic hydroxyl groups is 1. The van der Waals surface area contributed by atoms with Crippen molar-refractivity contribution < 1.29 is 9.90 Å². The minimum atomic E-state index is -0.0168. The predicted molar refractivity (Wildman–Crippen MR) is 112 cm³/mol. The molecule has 0 aliphatic carbocycles. The maximum atomic E-state index is 11.9. The summed E-state index contributed by atoms with van der Waals surface area (Å²) in [4.78, 5) is 11.9. The highest BCUT2D eigenvalue weighted by Gasteiger charge is 2.06. The van der Waals surface area contributed by atoms with Crippen molar-refractivity contribution in [3.05, 3.63) is 35.9 Å². The third-order valence-electron chi connectivity index (χ3n) is 4.59. The summed E-state index contributed by atoms with van der Waals surface area (Å²) in [5.74, 6) is 0.110. The van der Waals surface area contributed by atoms with Gasteiger partial charge in [0.05, 0.1) is 5.69 Å². The zero-order chi connectivity index (χ0) is 19.0. The van der Waals surface area contributed by atoms with Crippen molar-refractivity contribution in [2.75, 3.05) is 5.32 Å². The van der Waals surface area contributed by atoms with Gasteiger partial charge in [-0.1, -0.05) is 63.7 Å². The Labute approximate surface area is 159 Å². The molecule has 0 unspecified atom stereocenters. The first-order valence-electron chi connectivity index (χ1n) is 10.4. The molecule has 0 aromatic heterocycles. The topological polar surface area (TPSA) is 49.3 Å². The number of phenols is 1. The van der Waals surface area contributed by atoms with Gasteiger partial charge in [-0.05, 0) is 56.7 Å². The van der Waals surface area contributed by atoms with E-state index >= 15 is 0 Å². The molecule has 0 saturated carbocycles. The molecule has 3 heteroatoms. The molecule has 3 nitrogen and oxygen atoms in total. The van der Waals surface area contributed by atoms with Crippen LogP contribution in [0.4, 0.5) is 5.69 Å². The fraction of sp³-hybridized carbons (Fsp3) is 0.609. The van der Waals surface area contributed by atoms with Gasteiger partial charge in [0, 0.05) is 6.42 Å². The van der Waals surface area contributed by atoms with Gasteiger partial charge in [-0.25, -0.2) is 0 Å². The van der Waals surface area contributed by atoms with Crippen LogP contribution in [0.25, 0.3) is 0 Å². The van der Waals surface area contributed by atoms with E-state index in [0.717, 1.165) is 18.4 Å². The molecule has 0 aliphatic rings. The van der Waals surface area contributed by atoms with Crippen molar-refractivity contribution in [1.29, 1.82) is 0 Å². The second-order valence-electron chi connectivity index (χ2n) is 7.20. The molecule has 0 aliphatic heterocycles. The highest BCUT2D eigenvalue weighted by Crippen LogP contribution is 2.24. The van der Waals surface area contributed by atoms with Gasteiger partial charge in [0.2, 0.25) is 5.91 Å². The van der Waals surface area contributed by atoms with Crippen LogP contribution in [0.15, 0.2) is 30.4 Å². The Kier molecular flexibility index (Phi) is 12.3. The quantitative estimate of drug-likeness (QED) is 0.216. The molecular formula is C23H37NO2. The van der Waals surface area contributed by atoms with Gasteiger partial charge in [-0.15, -0.1) is 0 Å². The molecule has 2 N–H and O–H groups in total. The molecule has 0 radical (unpaired) electrons. The van der Waals surface area contributed by atoms with Crippen molar-refractivity contribution >= 4 is 11.6 Å². The van der Waals surface area contributed by atoms with Crippen molar-refractivity contribution in [1.82, 2.24) is 0 Å². The lowest BCUT2D eigenvalue weighted by atomic mass is 10.1. The second kappa shape index (κ2) is 14.4. The largest absolute Gasteiger partial charge is 0.506 e. The van der Waals surface area contributed by atoms with Crippen LogP contribution in [0.1, 0.15) is 89.5 Å². The Bertz CT molecular complexity index is 537. The lowest BCUT2D eigenvalue weighted by Crippen LogP contribution is -2.11. The number of rotatable bonds is 14. The third kappa shape index (κ3) is 11.0. The maximum Gasteiger partial charge on any atom is 0.224 e. The minimum absolute atomic E-state index is 0.0168. The molecule has 1 amide bonds. The Morgan fingerprint density at radius 2 is 1.58 bits per heavy atom. The first-order valence-corrected chi connectivity index (χ1v) is 10.4. The molecule has 1 aromatic carbocycles. The summed E-state index contributed by atoms with van der Waals surface area (Å²) in [7, 11) is 0. The number of carbonyl (C=O) groups excluding carboxylic acids is 1. The number of allylic oxidation sites excluding steroid dienone is 2. The lowest BCUT2D eigenvalue weighted by molar-refractivity contribution is -0.116. The minimum Gasteiger partial charge on any atom is -0.506 e. The fourth-order valence-corrected chi connectivity index (χ4v) is 2.97. The van der Waals surface area contributed by atoms with E-state index in [1.807, 2.05) is 13.0 Å². The first-order chi connectivity index (χ1) is 12.6. The first kappa shape index (κ1) is 22.3. The van der Waals surface area contributed by atoms with E-state index in [2.05, 4.69) is 24.4 Å². The van der Waals surface area contributed by atoms with Gasteiger partial charge in [0.25, 0.3) is 0 Å². The van der Waals surface area contributed by atoms with E-state index in [1.165, 1.54) is 57.8 Å². The van der Waals surface area contributed by atoms with E-state index in [1.54, 1.807) is 12.1 Å². The van der Waals surface area contributed by atoms with Crippen molar-refractivity contribution in [3.63, 3.8) is 0 Å². The normalized spacial score (nSPS) is 11.2. The van der Waals surface area contributed by atoms with Crippen LogP contribution in [0.3, 0.4) is 0 Å². The average Bonchev–Trinajstić information content (AvgIpc) is 2.62. The van der Waals surface area contributed by atoms with Gasteiger partial charge < -0.3 is 10.4 Å². The number of benzene rings is 1. The molecule has 1 aromatic rings. The number of hydrogen-bond acceptors (Lipinski definition) is 2. The Morgan fingerprint density at radius 3 is 2.27 bits per heavy atom. The molecule has 0 heterocycles. The van der Waals surface area contributed by atoms with Crippen LogP contribution in [-0.2, 0) is 4.79 Å². The molecule has 0 spiro atoms. The standard InChI is InChI=1S/C23H37NO2/c1-3-4-5-6-7-8-9-10-11-12-13-14-15-16-23(26)24-21-19-20(2)17-18-22(21)25/h8-9,17-19,25H,3-7,10-16H2,1-2H3,(H,24,26). The van der Waals surface area contributed by atoms with Crippen molar-refractivity contribution in [2.45, 2.75) is 90.9 Å². The number of hydrogen-bond donors (Lipinski definition) is 2. The monoisotopic (exact) mass is 359 g/mol. The van der Waals surface area contributed by atoms with Crippen LogP contribution in [0.5, 0.6) is 5.75 Å². The number of phenolic OH excluding ortho intramolecular Hbond substituents is 1. The third-order valence-corrected chi connectivity index (χ3v) is 4.59. The summed E-state index contributed by atoms with van der Waals surface area (Å²) in [5, 5.41) is 12.5. The number of aryl methyl sites for hydroxylation is 1. The molecule has 0 saturated heterocycles. The molecule has 0 atom stereocenters. The number of anilines is 1. The summed E-state index contributed by atoms with van der Waals surface area (Å²) in [6.45, 7) is 4.19. The zero-order valence-corrected chi connectivity index (χ0v) is 16.7. The molecule has 146 valence electrons. The number of unbranched alkanes of at least 4 members (excludes halogenated alkanes) is 9. The Balaban J connectivity index is 1.98. The summed E-state index contributed by atoms with van der Waals surface area (Å²) in [6, 6.07) is 5.24. The van der Waals surface area contributed by atoms with Gasteiger partial charge in [0.1, 0.15) is 5.75 Å². The summed E-state index contributed by atoms with van der Waals surface area (Å²) < 4.78 is 0. The average molecular weight is 360 g/mol. The van der Waals surface area contributed by atoms with Crippen molar-refractivity contribution in [2.24, 2.45) is 0 Å². The van der Waals surface area contributed by atoms with Gasteiger partial charge in [0.15, 0.2) is 0 Å². The van der Waals surface area contributed by atoms with E-state index in [-0.39, 0.29) is 11.7 Å². The second-order valence-corrected chi connectivity index (χ2v) is 7.20. The highest BCUT2D eigenvalue weighted by molar-refractivity contribution is 5.92. The van der Waals surface area contributed by atoms with Crippen LogP contribution >= 0.6 is 0 Å². The van der Waals surface area contributed by atoms with E-state index in [0.29, 0.717) is 12.1 Å². The van der Waals surface area contributed by atoms with Crippen LogP contribution in [0.2, 0.25) is 0 Å². The predicted octanol–water partition coefficient (Wildman–Crippen LogP) is 6.90. The van der Waals surface area contributed by atoms with E-state index < -0.39 is 0 Å².